The highest BCUT2D eigenvalue weighted by atomic mass is 16.3. The van der Waals surface area contributed by atoms with Gasteiger partial charge in [-0.15, -0.1) is 0 Å². The molecule has 15 heavy (non-hydrogen) atoms. The summed E-state index contributed by atoms with van der Waals surface area (Å²) in [6, 6.07) is 8.56. The Hall–Kier alpha value is -1.50. The van der Waals surface area contributed by atoms with Gasteiger partial charge in [-0.05, 0) is 37.0 Å². The Morgan fingerprint density at radius 3 is 2.27 bits per heavy atom. The predicted molar refractivity (Wildman–Crippen MR) is 63.7 cm³/mol. The highest BCUT2D eigenvalue weighted by molar-refractivity contribution is 5.69. The standard InChI is InChI=1S/C14H16O/c1-10-3-5-12(6-4-10)13-7-8-14(15)11(2)9-13/h3-6,9,15H,7-8H2,1-2H3. The molecule has 0 aromatic heterocycles. The van der Waals surface area contributed by atoms with E-state index in [2.05, 4.69) is 37.3 Å². The Bertz CT molecular complexity index is 421. The van der Waals surface area contributed by atoms with E-state index in [0.717, 1.165) is 18.4 Å². The molecule has 1 nitrogen and oxygen atoms in total. The van der Waals surface area contributed by atoms with E-state index >= 15 is 0 Å². The van der Waals surface area contributed by atoms with Gasteiger partial charge in [0.25, 0.3) is 0 Å². The molecule has 0 aliphatic heterocycles. The SMILES string of the molecule is CC1=C(O)CCC(c2ccc(C)cc2)=C1. The molecule has 2 rings (SSSR count). The molecule has 0 bridgehead atoms. The lowest BCUT2D eigenvalue weighted by molar-refractivity contribution is 0.383. The molecule has 1 aromatic rings. The van der Waals surface area contributed by atoms with Gasteiger partial charge in [0.05, 0.1) is 5.76 Å². The number of rotatable bonds is 1. The van der Waals surface area contributed by atoms with Crippen LogP contribution in [0.1, 0.15) is 30.9 Å². The highest BCUT2D eigenvalue weighted by Crippen LogP contribution is 2.29. The molecule has 0 saturated carbocycles. The molecule has 1 aliphatic carbocycles. The highest BCUT2D eigenvalue weighted by Gasteiger charge is 2.10. The Labute approximate surface area is 90.8 Å². The van der Waals surface area contributed by atoms with Crippen LogP contribution in [0.3, 0.4) is 0 Å². The lowest BCUT2D eigenvalue weighted by atomic mass is 9.93. The molecule has 0 atom stereocenters. The van der Waals surface area contributed by atoms with E-state index in [0.29, 0.717) is 5.76 Å². The maximum Gasteiger partial charge on any atom is 0.0955 e. The molecule has 0 radical (unpaired) electrons. The number of aryl methyl sites for hydroxylation is 1. The van der Waals surface area contributed by atoms with E-state index in [1.165, 1.54) is 16.7 Å². The minimum Gasteiger partial charge on any atom is -0.512 e. The second-order valence-corrected chi connectivity index (χ2v) is 4.17. The van der Waals surface area contributed by atoms with Gasteiger partial charge < -0.3 is 5.11 Å². The average Bonchev–Trinajstić information content (AvgIpc) is 2.23. The van der Waals surface area contributed by atoms with Gasteiger partial charge in [0, 0.05) is 6.42 Å². The molecular weight excluding hydrogens is 184 g/mol. The van der Waals surface area contributed by atoms with E-state index in [1.54, 1.807) is 0 Å². The quantitative estimate of drug-likeness (QED) is 0.726. The van der Waals surface area contributed by atoms with Crippen molar-refractivity contribution in [1.82, 2.24) is 0 Å². The van der Waals surface area contributed by atoms with Crippen LogP contribution in [0.15, 0.2) is 41.7 Å². The van der Waals surface area contributed by atoms with Crippen molar-refractivity contribution in [1.29, 1.82) is 0 Å². The molecule has 0 amide bonds. The van der Waals surface area contributed by atoms with Crippen LogP contribution in [0.25, 0.3) is 5.57 Å². The lowest BCUT2D eigenvalue weighted by Gasteiger charge is -2.14. The zero-order chi connectivity index (χ0) is 10.8. The van der Waals surface area contributed by atoms with Crippen LogP contribution in [0.4, 0.5) is 0 Å². The topological polar surface area (TPSA) is 20.2 Å². The molecule has 0 unspecified atom stereocenters. The van der Waals surface area contributed by atoms with E-state index in [9.17, 15) is 5.11 Å². The largest absolute Gasteiger partial charge is 0.512 e. The first-order valence-electron chi connectivity index (χ1n) is 5.33. The average molecular weight is 200 g/mol. The van der Waals surface area contributed by atoms with E-state index < -0.39 is 0 Å². The van der Waals surface area contributed by atoms with Gasteiger partial charge in [-0.1, -0.05) is 35.9 Å². The van der Waals surface area contributed by atoms with Gasteiger partial charge in [-0.2, -0.15) is 0 Å². The first kappa shape index (κ1) is 10.0. The summed E-state index contributed by atoms with van der Waals surface area (Å²) in [7, 11) is 0. The Kier molecular flexibility index (Phi) is 2.63. The second-order valence-electron chi connectivity index (χ2n) is 4.17. The maximum absolute atomic E-state index is 9.52. The number of aliphatic hydroxyl groups is 1. The number of hydrogen-bond donors (Lipinski definition) is 1. The first-order chi connectivity index (χ1) is 7.16. The maximum atomic E-state index is 9.52. The van der Waals surface area contributed by atoms with Crippen LogP contribution in [0.2, 0.25) is 0 Å². The third-order valence-electron chi connectivity index (χ3n) is 2.90. The van der Waals surface area contributed by atoms with Crippen LogP contribution < -0.4 is 0 Å². The third-order valence-corrected chi connectivity index (χ3v) is 2.90. The van der Waals surface area contributed by atoms with Crippen molar-refractivity contribution in [2.75, 3.05) is 0 Å². The number of benzene rings is 1. The minimum atomic E-state index is 0.533. The summed E-state index contributed by atoms with van der Waals surface area (Å²) >= 11 is 0. The molecule has 0 saturated heterocycles. The Balaban J connectivity index is 2.33. The van der Waals surface area contributed by atoms with Gasteiger partial charge in [0.15, 0.2) is 0 Å². The van der Waals surface area contributed by atoms with Crippen molar-refractivity contribution in [2.24, 2.45) is 0 Å². The summed E-state index contributed by atoms with van der Waals surface area (Å²) in [4.78, 5) is 0. The van der Waals surface area contributed by atoms with Crippen molar-refractivity contribution >= 4 is 5.57 Å². The van der Waals surface area contributed by atoms with E-state index in [1.807, 2.05) is 6.92 Å². The Morgan fingerprint density at radius 2 is 1.67 bits per heavy atom. The van der Waals surface area contributed by atoms with Crippen LogP contribution in [-0.2, 0) is 0 Å². The summed E-state index contributed by atoms with van der Waals surface area (Å²) in [5, 5.41) is 9.52. The third kappa shape index (κ3) is 2.12. The summed E-state index contributed by atoms with van der Waals surface area (Å²) in [5.41, 5.74) is 4.87. The first-order valence-corrected chi connectivity index (χ1v) is 5.33. The van der Waals surface area contributed by atoms with Gasteiger partial charge in [-0.25, -0.2) is 0 Å². The molecule has 1 aromatic carbocycles. The van der Waals surface area contributed by atoms with Crippen molar-refractivity contribution in [3.05, 3.63) is 52.8 Å². The van der Waals surface area contributed by atoms with Gasteiger partial charge in [-0.3, -0.25) is 0 Å². The van der Waals surface area contributed by atoms with Gasteiger partial charge in [0.2, 0.25) is 0 Å². The van der Waals surface area contributed by atoms with Crippen LogP contribution >= 0.6 is 0 Å². The molecule has 0 heterocycles. The second kappa shape index (κ2) is 3.93. The minimum absolute atomic E-state index is 0.533. The fraction of sp³-hybridized carbons (Fsp3) is 0.286. The molecule has 1 heteroatoms. The number of allylic oxidation sites excluding steroid dienone is 4. The zero-order valence-electron chi connectivity index (χ0n) is 9.25. The molecule has 1 aliphatic rings. The van der Waals surface area contributed by atoms with E-state index in [4.69, 9.17) is 0 Å². The predicted octanol–water partition coefficient (Wildman–Crippen LogP) is 4.00. The van der Waals surface area contributed by atoms with Gasteiger partial charge in [0.1, 0.15) is 0 Å². The summed E-state index contributed by atoms with van der Waals surface area (Å²) in [6.45, 7) is 4.05. The number of aliphatic hydroxyl groups excluding tert-OH is 1. The van der Waals surface area contributed by atoms with Crippen molar-refractivity contribution in [2.45, 2.75) is 26.7 Å². The molecule has 0 spiro atoms. The summed E-state index contributed by atoms with van der Waals surface area (Å²) in [6.07, 6.45) is 3.79. The van der Waals surface area contributed by atoms with Crippen LogP contribution in [0, 0.1) is 6.92 Å². The zero-order valence-corrected chi connectivity index (χ0v) is 9.25. The molecule has 0 fully saturated rings. The Morgan fingerprint density at radius 1 is 1.00 bits per heavy atom. The van der Waals surface area contributed by atoms with E-state index in [-0.39, 0.29) is 0 Å². The lowest BCUT2D eigenvalue weighted by Crippen LogP contribution is -1.96. The molecule has 78 valence electrons. The van der Waals surface area contributed by atoms with Crippen LogP contribution in [0.5, 0.6) is 0 Å². The smallest absolute Gasteiger partial charge is 0.0955 e. The van der Waals surface area contributed by atoms with Gasteiger partial charge >= 0.3 is 0 Å². The van der Waals surface area contributed by atoms with Crippen molar-refractivity contribution in [3.63, 3.8) is 0 Å². The summed E-state index contributed by atoms with van der Waals surface area (Å²) < 4.78 is 0. The van der Waals surface area contributed by atoms with Crippen LogP contribution in [-0.4, -0.2) is 5.11 Å². The molecular formula is C14H16O. The van der Waals surface area contributed by atoms with Crippen molar-refractivity contribution in [3.8, 4) is 0 Å². The fourth-order valence-corrected chi connectivity index (χ4v) is 1.86. The fourth-order valence-electron chi connectivity index (χ4n) is 1.86. The summed E-state index contributed by atoms with van der Waals surface area (Å²) in [5.74, 6) is 0.533. The number of hydrogen-bond acceptors (Lipinski definition) is 1. The normalized spacial score (nSPS) is 16.5. The van der Waals surface area contributed by atoms with Crippen molar-refractivity contribution < 1.29 is 5.11 Å². The molecule has 1 N–H and O–H groups in total. The monoisotopic (exact) mass is 200 g/mol.